The van der Waals surface area contributed by atoms with Crippen LogP contribution in [-0.2, 0) is 9.53 Å². The molecule has 0 saturated carbocycles. The molecule has 0 aromatic heterocycles. The number of hydrogen-bond donors (Lipinski definition) is 1. The van der Waals surface area contributed by atoms with E-state index in [0.29, 0.717) is 26.2 Å². The van der Waals surface area contributed by atoms with E-state index in [1.54, 1.807) is 17.0 Å². The van der Waals surface area contributed by atoms with Crippen LogP contribution in [0.1, 0.15) is 19.3 Å². The Morgan fingerprint density at radius 3 is 2.73 bits per heavy atom. The maximum Gasteiger partial charge on any atom is 0.260 e. The average molecular weight is 310 g/mol. The van der Waals surface area contributed by atoms with Crippen LogP contribution in [-0.4, -0.2) is 49.8 Å². The number of benzene rings is 1. The number of likely N-dealkylation sites (tertiary alicyclic amines) is 1. The summed E-state index contributed by atoms with van der Waals surface area (Å²) in [5, 5.41) is 0. The summed E-state index contributed by atoms with van der Waals surface area (Å²) in [7, 11) is 0. The normalized spacial score (nSPS) is 15.8. The van der Waals surface area contributed by atoms with Gasteiger partial charge < -0.3 is 20.1 Å². The van der Waals surface area contributed by atoms with Gasteiger partial charge in [-0.2, -0.15) is 0 Å². The fraction of sp³-hybridized carbons (Fsp3) is 0.562. The number of hydrogen-bond acceptors (Lipinski definition) is 4. The smallest absolute Gasteiger partial charge is 0.260 e. The van der Waals surface area contributed by atoms with Crippen LogP contribution in [0, 0.1) is 5.82 Å². The van der Waals surface area contributed by atoms with Gasteiger partial charge in [0.05, 0.1) is 6.10 Å². The van der Waals surface area contributed by atoms with Gasteiger partial charge in [-0.1, -0.05) is 12.1 Å². The zero-order chi connectivity index (χ0) is 15.8. The minimum atomic E-state index is -0.456. The molecule has 1 aliphatic heterocycles. The van der Waals surface area contributed by atoms with E-state index in [-0.39, 0.29) is 24.4 Å². The molecule has 1 amide bonds. The average Bonchev–Trinajstić information content (AvgIpc) is 2.55. The van der Waals surface area contributed by atoms with E-state index in [1.165, 1.54) is 12.1 Å². The minimum absolute atomic E-state index is 0.107. The molecule has 0 radical (unpaired) electrons. The number of para-hydroxylation sites is 1. The number of amides is 1. The van der Waals surface area contributed by atoms with E-state index in [0.717, 1.165) is 19.3 Å². The molecular formula is C16H23FN2O3. The van der Waals surface area contributed by atoms with Gasteiger partial charge in [0.1, 0.15) is 0 Å². The second kappa shape index (κ2) is 8.70. The second-order valence-corrected chi connectivity index (χ2v) is 5.31. The Balaban J connectivity index is 1.70. The third-order valence-corrected chi connectivity index (χ3v) is 3.68. The third kappa shape index (κ3) is 4.96. The lowest BCUT2D eigenvalue weighted by Crippen LogP contribution is -2.43. The summed E-state index contributed by atoms with van der Waals surface area (Å²) >= 11 is 0. The minimum Gasteiger partial charge on any atom is -0.481 e. The molecule has 1 aromatic rings. The van der Waals surface area contributed by atoms with Crippen molar-refractivity contribution in [2.45, 2.75) is 25.4 Å². The lowest BCUT2D eigenvalue weighted by molar-refractivity contribution is -0.136. The van der Waals surface area contributed by atoms with Crippen LogP contribution < -0.4 is 10.5 Å². The number of nitrogens with two attached hydrogens (primary N) is 1. The quantitative estimate of drug-likeness (QED) is 0.776. The lowest BCUT2D eigenvalue weighted by atomic mass is 10.1. The van der Waals surface area contributed by atoms with Gasteiger partial charge in [0.15, 0.2) is 18.2 Å². The zero-order valence-corrected chi connectivity index (χ0v) is 12.7. The van der Waals surface area contributed by atoms with Crippen LogP contribution in [0.4, 0.5) is 4.39 Å². The summed E-state index contributed by atoms with van der Waals surface area (Å²) in [5.74, 6) is -0.471. The van der Waals surface area contributed by atoms with Crippen LogP contribution in [0.25, 0.3) is 0 Å². The third-order valence-electron chi connectivity index (χ3n) is 3.68. The molecule has 0 aliphatic carbocycles. The first kappa shape index (κ1) is 16.7. The van der Waals surface area contributed by atoms with Gasteiger partial charge in [0.25, 0.3) is 5.91 Å². The first-order valence-electron chi connectivity index (χ1n) is 7.67. The number of piperidine rings is 1. The molecule has 1 aliphatic rings. The molecule has 6 heteroatoms. The maximum absolute atomic E-state index is 13.4. The molecule has 5 nitrogen and oxygen atoms in total. The van der Waals surface area contributed by atoms with Crippen molar-refractivity contribution in [3.8, 4) is 5.75 Å². The monoisotopic (exact) mass is 310 g/mol. The molecule has 0 bridgehead atoms. The highest BCUT2D eigenvalue weighted by Crippen LogP contribution is 2.17. The van der Waals surface area contributed by atoms with Crippen molar-refractivity contribution >= 4 is 5.91 Å². The van der Waals surface area contributed by atoms with Gasteiger partial charge >= 0.3 is 0 Å². The molecule has 0 atom stereocenters. The second-order valence-electron chi connectivity index (χ2n) is 5.31. The topological polar surface area (TPSA) is 64.8 Å². The summed E-state index contributed by atoms with van der Waals surface area (Å²) in [6, 6.07) is 6.08. The Labute approximate surface area is 130 Å². The Kier molecular flexibility index (Phi) is 6.61. The lowest BCUT2D eigenvalue weighted by Gasteiger charge is -2.31. The van der Waals surface area contributed by atoms with Crippen molar-refractivity contribution in [2.24, 2.45) is 5.73 Å². The Bertz CT molecular complexity index is 476. The first-order chi connectivity index (χ1) is 10.7. The van der Waals surface area contributed by atoms with E-state index in [9.17, 15) is 9.18 Å². The van der Waals surface area contributed by atoms with Gasteiger partial charge in [0.2, 0.25) is 0 Å². The Hall–Kier alpha value is -1.66. The largest absolute Gasteiger partial charge is 0.481 e. The summed E-state index contributed by atoms with van der Waals surface area (Å²) in [4.78, 5) is 13.8. The maximum atomic E-state index is 13.4. The van der Waals surface area contributed by atoms with Gasteiger partial charge in [-0.3, -0.25) is 4.79 Å². The SMILES string of the molecule is NCCCOC1CCN(C(=O)COc2ccccc2F)CC1. The molecule has 1 aromatic carbocycles. The van der Waals surface area contributed by atoms with Crippen LogP contribution >= 0.6 is 0 Å². The van der Waals surface area contributed by atoms with E-state index < -0.39 is 5.82 Å². The Morgan fingerprint density at radius 1 is 1.32 bits per heavy atom. The number of carbonyl (C=O) groups excluding carboxylic acids is 1. The molecular weight excluding hydrogens is 287 g/mol. The van der Waals surface area contributed by atoms with Crippen molar-refractivity contribution in [1.29, 1.82) is 0 Å². The Morgan fingerprint density at radius 2 is 2.05 bits per heavy atom. The van der Waals surface area contributed by atoms with Gasteiger partial charge in [0, 0.05) is 19.7 Å². The van der Waals surface area contributed by atoms with Gasteiger partial charge in [-0.25, -0.2) is 4.39 Å². The van der Waals surface area contributed by atoms with Crippen LogP contribution in [0.2, 0.25) is 0 Å². The number of nitrogens with zero attached hydrogens (tertiary/aromatic N) is 1. The van der Waals surface area contributed by atoms with Crippen LogP contribution in [0.3, 0.4) is 0 Å². The molecule has 0 unspecified atom stereocenters. The van der Waals surface area contributed by atoms with Crippen LogP contribution in [0.15, 0.2) is 24.3 Å². The van der Waals surface area contributed by atoms with Crippen molar-refractivity contribution < 1.29 is 18.7 Å². The van der Waals surface area contributed by atoms with Crippen LogP contribution in [0.5, 0.6) is 5.75 Å². The fourth-order valence-electron chi connectivity index (χ4n) is 2.40. The molecule has 1 heterocycles. The van der Waals surface area contributed by atoms with Crippen molar-refractivity contribution in [1.82, 2.24) is 4.90 Å². The van der Waals surface area contributed by atoms with E-state index >= 15 is 0 Å². The molecule has 122 valence electrons. The number of rotatable bonds is 7. The number of carbonyl (C=O) groups is 1. The molecule has 2 N–H and O–H groups in total. The van der Waals surface area contributed by atoms with Gasteiger partial charge in [-0.05, 0) is 37.9 Å². The van der Waals surface area contributed by atoms with Crippen molar-refractivity contribution in [3.05, 3.63) is 30.1 Å². The fourth-order valence-corrected chi connectivity index (χ4v) is 2.40. The molecule has 1 saturated heterocycles. The standard InChI is InChI=1S/C16H23FN2O3/c17-14-4-1-2-5-15(14)22-12-16(20)19-9-6-13(7-10-19)21-11-3-8-18/h1-2,4-5,13H,3,6-12,18H2. The van der Waals surface area contributed by atoms with E-state index in [2.05, 4.69) is 0 Å². The highest BCUT2D eigenvalue weighted by molar-refractivity contribution is 5.77. The van der Waals surface area contributed by atoms with Crippen molar-refractivity contribution in [3.63, 3.8) is 0 Å². The van der Waals surface area contributed by atoms with E-state index in [1.807, 2.05) is 0 Å². The highest BCUT2D eigenvalue weighted by atomic mass is 19.1. The number of ether oxygens (including phenoxy) is 2. The van der Waals surface area contributed by atoms with Gasteiger partial charge in [-0.15, -0.1) is 0 Å². The first-order valence-corrected chi connectivity index (χ1v) is 7.67. The predicted octanol–water partition coefficient (Wildman–Crippen LogP) is 1.56. The summed E-state index contributed by atoms with van der Waals surface area (Å²) in [6.07, 6.45) is 2.69. The molecule has 22 heavy (non-hydrogen) atoms. The summed E-state index contributed by atoms with van der Waals surface area (Å²) in [5.41, 5.74) is 5.42. The number of halogens is 1. The van der Waals surface area contributed by atoms with E-state index in [4.69, 9.17) is 15.2 Å². The summed E-state index contributed by atoms with van der Waals surface area (Å²) in [6.45, 7) is 2.45. The summed E-state index contributed by atoms with van der Waals surface area (Å²) < 4.78 is 24.4. The molecule has 0 spiro atoms. The highest BCUT2D eigenvalue weighted by Gasteiger charge is 2.23. The zero-order valence-electron chi connectivity index (χ0n) is 12.7. The van der Waals surface area contributed by atoms with Crippen molar-refractivity contribution in [2.75, 3.05) is 32.8 Å². The molecule has 1 fully saturated rings. The predicted molar refractivity (Wildman–Crippen MR) is 81.1 cm³/mol. The molecule has 2 rings (SSSR count).